The average Bonchev–Trinajstić information content (AvgIpc) is 2.30. The molecular weight excluding hydrogens is 290 g/mol. The summed E-state index contributed by atoms with van der Waals surface area (Å²) in [5.74, 6) is 0.532. The Morgan fingerprint density at radius 3 is 2.44 bits per heavy atom. The van der Waals surface area contributed by atoms with E-state index >= 15 is 0 Å². The van der Waals surface area contributed by atoms with Gasteiger partial charge >= 0.3 is 0 Å². The molecule has 18 heavy (non-hydrogen) atoms. The summed E-state index contributed by atoms with van der Waals surface area (Å²) in [6, 6.07) is 6.39. The molecule has 1 N–H and O–H groups in total. The van der Waals surface area contributed by atoms with Gasteiger partial charge in [-0.25, -0.2) is 0 Å². The van der Waals surface area contributed by atoms with Crippen molar-refractivity contribution in [2.75, 3.05) is 5.33 Å². The van der Waals surface area contributed by atoms with Crippen LogP contribution in [0.4, 0.5) is 0 Å². The molecule has 0 heterocycles. The van der Waals surface area contributed by atoms with Crippen LogP contribution in [0.3, 0.4) is 0 Å². The molecule has 0 bridgehead atoms. The van der Waals surface area contributed by atoms with Gasteiger partial charge in [0.25, 0.3) is 0 Å². The molecule has 1 atom stereocenters. The molecule has 0 aliphatic heterocycles. The summed E-state index contributed by atoms with van der Waals surface area (Å²) in [7, 11) is 0. The van der Waals surface area contributed by atoms with Gasteiger partial charge in [-0.15, -0.1) is 0 Å². The van der Waals surface area contributed by atoms with E-state index in [0.29, 0.717) is 12.3 Å². The number of rotatable bonds is 5. The monoisotopic (exact) mass is 311 g/mol. The van der Waals surface area contributed by atoms with Crippen LogP contribution in [0.15, 0.2) is 18.2 Å². The number of carbonyl (C=O) groups excluding carboxylic acids is 1. The minimum Gasteiger partial charge on any atom is -0.352 e. The van der Waals surface area contributed by atoms with Crippen molar-refractivity contribution in [1.82, 2.24) is 5.32 Å². The first-order chi connectivity index (χ1) is 8.43. The lowest BCUT2D eigenvalue weighted by atomic mass is 10.0. The number of alkyl halides is 1. The van der Waals surface area contributed by atoms with Crippen LogP contribution in [0.25, 0.3) is 0 Å². The van der Waals surface area contributed by atoms with Crippen LogP contribution in [0.1, 0.15) is 30.5 Å². The van der Waals surface area contributed by atoms with E-state index in [9.17, 15) is 4.79 Å². The largest absolute Gasteiger partial charge is 0.352 e. The molecule has 1 amide bonds. The summed E-state index contributed by atoms with van der Waals surface area (Å²) in [5.41, 5.74) is 3.58. The van der Waals surface area contributed by atoms with E-state index < -0.39 is 0 Å². The van der Waals surface area contributed by atoms with Crippen LogP contribution in [-0.4, -0.2) is 17.3 Å². The van der Waals surface area contributed by atoms with Crippen molar-refractivity contribution in [2.24, 2.45) is 5.92 Å². The van der Waals surface area contributed by atoms with Crippen LogP contribution in [0.2, 0.25) is 0 Å². The zero-order chi connectivity index (χ0) is 13.7. The first-order valence-electron chi connectivity index (χ1n) is 6.35. The van der Waals surface area contributed by atoms with Gasteiger partial charge in [0.15, 0.2) is 0 Å². The standard InChI is InChI=1S/C15H22BrNO/c1-10(2)14(9-16)17-15(18)8-13-6-5-11(3)12(4)7-13/h5-7,10,14H,8-9H2,1-4H3,(H,17,18). The normalized spacial score (nSPS) is 12.6. The Morgan fingerprint density at radius 2 is 1.94 bits per heavy atom. The van der Waals surface area contributed by atoms with Gasteiger partial charge in [0.2, 0.25) is 5.91 Å². The van der Waals surface area contributed by atoms with E-state index in [4.69, 9.17) is 0 Å². The Balaban J connectivity index is 2.61. The second-order valence-corrected chi connectivity index (χ2v) is 5.82. The molecule has 3 heteroatoms. The highest BCUT2D eigenvalue weighted by Gasteiger charge is 2.14. The zero-order valence-electron chi connectivity index (χ0n) is 11.6. The highest BCUT2D eigenvalue weighted by molar-refractivity contribution is 9.09. The molecule has 0 saturated heterocycles. The number of hydrogen-bond donors (Lipinski definition) is 1. The van der Waals surface area contributed by atoms with E-state index in [-0.39, 0.29) is 11.9 Å². The maximum Gasteiger partial charge on any atom is 0.224 e. The highest BCUT2D eigenvalue weighted by Crippen LogP contribution is 2.11. The Labute approximate surface area is 118 Å². The minimum atomic E-state index is 0.0939. The predicted octanol–water partition coefficient (Wildman–Crippen LogP) is 3.38. The molecule has 0 spiro atoms. The van der Waals surface area contributed by atoms with Crippen molar-refractivity contribution in [3.05, 3.63) is 34.9 Å². The van der Waals surface area contributed by atoms with E-state index in [1.807, 2.05) is 6.07 Å². The van der Waals surface area contributed by atoms with E-state index in [2.05, 4.69) is 61.1 Å². The number of aryl methyl sites for hydroxylation is 2. The molecule has 0 aliphatic carbocycles. The number of halogens is 1. The smallest absolute Gasteiger partial charge is 0.224 e. The summed E-state index contributed by atoms with van der Waals surface area (Å²) >= 11 is 3.44. The fourth-order valence-electron chi connectivity index (χ4n) is 1.74. The predicted molar refractivity (Wildman–Crippen MR) is 80.2 cm³/mol. The van der Waals surface area contributed by atoms with Crippen LogP contribution >= 0.6 is 15.9 Å². The highest BCUT2D eigenvalue weighted by atomic mass is 79.9. The Kier molecular flexibility index (Phi) is 5.86. The molecule has 0 saturated carbocycles. The van der Waals surface area contributed by atoms with E-state index in [0.717, 1.165) is 10.9 Å². The van der Waals surface area contributed by atoms with Crippen molar-refractivity contribution in [3.8, 4) is 0 Å². The topological polar surface area (TPSA) is 29.1 Å². The number of amides is 1. The van der Waals surface area contributed by atoms with Gasteiger partial charge in [0.05, 0.1) is 6.42 Å². The lowest BCUT2D eigenvalue weighted by Gasteiger charge is -2.20. The molecule has 1 unspecified atom stereocenters. The Morgan fingerprint density at radius 1 is 1.28 bits per heavy atom. The van der Waals surface area contributed by atoms with Gasteiger partial charge in [-0.1, -0.05) is 48.0 Å². The van der Waals surface area contributed by atoms with Gasteiger partial charge in [0.1, 0.15) is 0 Å². The van der Waals surface area contributed by atoms with Crippen molar-refractivity contribution >= 4 is 21.8 Å². The summed E-state index contributed by atoms with van der Waals surface area (Å²) in [4.78, 5) is 12.0. The molecule has 100 valence electrons. The van der Waals surface area contributed by atoms with Crippen LogP contribution in [0, 0.1) is 19.8 Å². The second kappa shape index (κ2) is 6.93. The third-order valence-electron chi connectivity index (χ3n) is 3.25. The molecule has 2 nitrogen and oxygen atoms in total. The molecule has 1 rings (SSSR count). The molecule has 1 aromatic carbocycles. The Bertz CT molecular complexity index is 415. The number of benzene rings is 1. The lowest BCUT2D eigenvalue weighted by Crippen LogP contribution is -2.40. The first kappa shape index (κ1) is 15.2. The van der Waals surface area contributed by atoms with Crippen molar-refractivity contribution in [1.29, 1.82) is 0 Å². The average molecular weight is 312 g/mol. The lowest BCUT2D eigenvalue weighted by molar-refractivity contribution is -0.121. The van der Waals surface area contributed by atoms with Crippen molar-refractivity contribution in [3.63, 3.8) is 0 Å². The van der Waals surface area contributed by atoms with Gasteiger partial charge in [0, 0.05) is 11.4 Å². The van der Waals surface area contributed by atoms with Crippen molar-refractivity contribution < 1.29 is 4.79 Å². The van der Waals surface area contributed by atoms with E-state index in [1.165, 1.54) is 11.1 Å². The summed E-state index contributed by atoms with van der Waals surface area (Å²) in [6.07, 6.45) is 0.456. The van der Waals surface area contributed by atoms with Gasteiger partial charge in [-0.2, -0.15) is 0 Å². The second-order valence-electron chi connectivity index (χ2n) is 5.17. The molecule has 0 aromatic heterocycles. The van der Waals surface area contributed by atoms with Gasteiger partial charge in [-0.3, -0.25) is 4.79 Å². The molecule has 1 aromatic rings. The fraction of sp³-hybridized carbons (Fsp3) is 0.533. The summed E-state index contributed by atoms with van der Waals surface area (Å²) in [5, 5.41) is 3.86. The van der Waals surface area contributed by atoms with Gasteiger partial charge < -0.3 is 5.32 Å². The third-order valence-corrected chi connectivity index (χ3v) is 3.95. The molecule has 0 radical (unpaired) electrons. The minimum absolute atomic E-state index is 0.0939. The quantitative estimate of drug-likeness (QED) is 0.830. The molecular formula is C15H22BrNO. The summed E-state index contributed by atoms with van der Waals surface area (Å²) < 4.78 is 0. The molecule has 0 aliphatic rings. The van der Waals surface area contributed by atoms with Crippen molar-refractivity contribution in [2.45, 2.75) is 40.2 Å². The van der Waals surface area contributed by atoms with Gasteiger partial charge in [-0.05, 0) is 36.5 Å². The third kappa shape index (κ3) is 4.45. The SMILES string of the molecule is Cc1ccc(CC(=O)NC(CBr)C(C)C)cc1C. The Hall–Kier alpha value is -0.830. The number of hydrogen-bond acceptors (Lipinski definition) is 1. The number of carbonyl (C=O) groups is 1. The maximum atomic E-state index is 12.0. The zero-order valence-corrected chi connectivity index (χ0v) is 13.2. The molecule has 0 fully saturated rings. The first-order valence-corrected chi connectivity index (χ1v) is 7.47. The van der Waals surface area contributed by atoms with E-state index in [1.54, 1.807) is 0 Å². The number of nitrogens with one attached hydrogen (secondary N) is 1. The van der Waals surface area contributed by atoms with Crippen LogP contribution in [0.5, 0.6) is 0 Å². The maximum absolute atomic E-state index is 12.0. The van der Waals surface area contributed by atoms with Crippen LogP contribution < -0.4 is 5.32 Å². The summed E-state index contributed by atoms with van der Waals surface area (Å²) in [6.45, 7) is 8.38. The fourth-order valence-corrected chi connectivity index (χ4v) is 2.65. The van der Waals surface area contributed by atoms with Crippen LogP contribution in [-0.2, 0) is 11.2 Å².